The van der Waals surface area contributed by atoms with Gasteiger partial charge >= 0.3 is 0 Å². The second-order valence-electron chi connectivity index (χ2n) is 6.09. The summed E-state index contributed by atoms with van der Waals surface area (Å²) >= 11 is 0. The topological polar surface area (TPSA) is 79.0 Å². The minimum atomic E-state index is -0.449. The Morgan fingerprint density at radius 2 is 1.85 bits per heavy atom. The van der Waals surface area contributed by atoms with E-state index in [2.05, 4.69) is 5.10 Å². The molecule has 26 heavy (non-hydrogen) atoms. The number of nitrogens with zero attached hydrogens (tertiary/aromatic N) is 4. The molecule has 7 nitrogen and oxygen atoms in total. The molecule has 0 radical (unpaired) electrons. The van der Waals surface area contributed by atoms with E-state index in [1.165, 1.54) is 17.1 Å². The highest BCUT2D eigenvalue weighted by atomic mass is 16.6. The van der Waals surface area contributed by atoms with Crippen molar-refractivity contribution in [1.82, 2.24) is 0 Å². The first-order valence-electron chi connectivity index (χ1n) is 8.01. The lowest BCUT2D eigenvalue weighted by Crippen LogP contribution is -2.21. The Morgan fingerprint density at radius 1 is 1.15 bits per heavy atom. The zero-order valence-corrected chi connectivity index (χ0v) is 14.7. The van der Waals surface area contributed by atoms with Crippen LogP contribution in [0.25, 0.3) is 6.08 Å². The average Bonchev–Trinajstić information content (AvgIpc) is 2.90. The molecule has 1 amide bonds. The number of hydrogen-bond acceptors (Lipinski definition) is 5. The van der Waals surface area contributed by atoms with Crippen molar-refractivity contribution in [1.29, 1.82) is 0 Å². The van der Waals surface area contributed by atoms with Gasteiger partial charge in [0.25, 0.3) is 11.6 Å². The van der Waals surface area contributed by atoms with Gasteiger partial charge in [-0.3, -0.25) is 14.9 Å². The van der Waals surface area contributed by atoms with E-state index < -0.39 is 4.92 Å². The van der Waals surface area contributed by atoms with E-state index in [4.69, 9.17) is 0 Å². The summed E-state index contributed by atoms with van der Waals surface area (Å²) in [7, 11) is 3.69. The van der Waals surface area contributed by atoms with Crippen LogP contribution >= 0.6 is 0 Å². The normalized spacial score (nSPS) is 15.3. The zero-order valence-electron chi connectivity index (χ0n) is 14.7. The van der Waals surface area contributed by atoms with Gasteiger partial charge in [-0.2, -0.15) is 10.1 Å². The average molecular weight is 350 g/mol. The van der Waals surface area contributed by atoms with Gasteiger partial charge in [-0.05, 0) is 31.2 Å². The lowest BCUT2D eigenvalue weighted by Gasteiger charge is -2.16. The summed E-state index contributed by atoms with van der Waals surface area (Å²) < 4.78 is 0. The molecule has 1 aliphatic rings. The Balaban J connectivity index is 2.05. The zero-order chi connectivity index (χ0) is 18.8. The number of hydrogen-bond donors (Lipinski definition) is 0. The molecule has 0 aromatic heterocycles. The monoisotopic (exact) mass is 350 g/mol. The van der Waals surface area contributed by atoms with Crippen LogP contribution in [0.3, 0.4) is 0 Å². The van der Waals surface area contributed by atoms with Gasteiger partial charge < -0.3 is 4.90 Å². The summed E-state index contributed by atoms with van der Waals surface area (Å²) in [5, 5.41) is 16.8. The Labute approximate surface area is 151 Å². The van der Waals surface area contributed by atoms with E-state index in [0.717, 1.165) is 5.69 Å². The number of amides is 1. The molecule has 1 aliphatic heterocycles. The molecule has 7 heteroatoms. The number of nitro groups is 1. The standard InChI is InChI=1S/C19H18N4O3/c1-13-17(19(24)22(20-13)15-7-5-4-6-8-15)12-14-11-16(23(25)26)9-10-18(14)21(2)3/h4-12H,1-3H3/b17-12-. The number of para-hydroxylation sites is 1. The van der Waals surface area contributed by atoms with Crippen molar-refractivity contribution in [3.05, 3.63) is 69.8 Å². The first kappa shape index (κ1) is 17.3. The van der Waals surface area contributed by atoms with Gasteiger partial charge in [0.2, 0.25) is 0 Å². The Bertz CT molecular complexity index is 933. The molecular formula is C19H18N4O3. The van der Waals surface area contributed by atoms with Gasteiger partial charge in [0.1, 0.15) is 0 Å². The van der Waals surface area contributed by atoms with Crippen molar-refractivity contribution in [3.8, 4) is 0 Å². The van der Waals surface area contributed by atoms with E-state index in [-0.39, 0.29) is 11.6 Å². The smallest absolute Gasteiger partial charge is 0.280 e. The number of nitro benzene ring substituents is 1. The predicted octanol–water partition coefficient (Wildman–Crippen LogP) is 3.47. The lowest BCUT2D eigenvalue weighted by atomic mass is 10.0. The number of carbonyl (C=O) groups excluding carboxylic acids is 1. The van der Waals surface area contributed by atoms with Crippen molar-refractivity contribution >= 4 is 34.8 Å². The summed E-state index contributed by atoms with van der Waals surface area (Å²) in [5.74, 6) is -0.259. The van der Waals surface area contributed by atoms with Gasteiger partial charge in [0.15, 0.2) is 0 Å². The van der Waals surface area contributed by atoms with Crippen molar-refractivity contribution in [2.45, 2.75) is 6.92 Å². The fourth-order valence-electron chi connectivity index (χ4n) is 2.76. The fraction of sp³-hybridized carbons (Fsp3) is 0.158. The van der Waals surface area contributed by atoms with E-state index >= 15 is 0 Å². The van der Waals surface area contributed by atoms with Crippen molar-refractivity contribution in [3.63, 3.8) is 0 Å². The molecule has 2 aromatic carbocycles. The molecule has 1 heterocycles. The molecular weight excluding hydrogens is 332 g/mol. The number of anilines is 2. The maximum Gasteiger partial charge on any atom is 0.280 e. The third-order valence-corrected chi connectivity index (χ3v) is 4.07. The lowest BCUT2D eigenvalue weighted by molar-refractivity contribution is -0.384. The van der Waals surface area contributed by atoms with E-state index in [0.29, 0.717) is 22.5 Å². The second kappa shape index (κ2) is 6.79. The summed E-state index contributed by atoms with van der Waals surface area (Å²) in [4.78, 5) is 25.3. The first-order valence-corrected chi connectivity index (χ1v) is 8.01. The first-order chi connectivity index (χ1) is 12.4. The minimum absolute atomic E-state index is 0.0256. The Hall–Kier alpha value is -3.48. The highest BCUT2D eigenvalue weighted by molar-refractivity contribution is 6.32. The predicted molar refractivity (Wildman–Crippen MR) is 102 cm³/mol. The van der Waals surface area contributed by atoms with Crippen molar-refractivity contribution < 1.29 is 9.72 Å². The van der Waals surface area contributed by atoms with Crippen LogP contribution in [-0.2, 0) is 4.79 Å². The van der Waals surface area contributed by atoms with Crippen LogP contribution in [0, 0.1) is 10.1 Å². The fourth-order valence-corrected chi connectivity index (χ4v) is 2.76. The molecule has 0 fully saturated rings. The molecule has 2 aromatic rings. The highest BCUT2D eigenvalue weighted by Gasteiger charge is 2.29. The highest BCUT2D eigenvalue weighted by Crippen LogP contribution is 2.29. The summed E-state index contributed by atoms with van der Waals surface area (Å²) in [6, 6.07) is 13.7. The molecule has 0 spiro atoms. The third kappa shape index (κ3) is 3.19. The van der Waals surface area contributed by atoms with Crippen LogP contribution in [-0.4, -0.2) is 30.6 Å². The van der Waals surface area contributed by atoms with Crippen LogP contribution in [0.1, 0.15) is 12.5 Å². The van der Waals surface area contributed by atoms with Gasteiger partial charge in [-0.15, -0.1) is 0 Å². The van der Waals surface area contributed by atoms with Crippen LogP contribution in [0.5, 0.6) is 0 Å². The number of hydrazone groups is 1. The van der Waals surface area contributed by atoms with Gasteiger partial charge in [0.05, 0.1) is 21.9 Å². The van der Waals surface area contributed by atoms with Crippen molar-refractivity contribution in [2.75, 3.05) is 24.0 Å². The Kier molecular flexibility index (Phi) is 4.53. The molecule has 3 rings (SSSR count). The summed E-state index contributed by atoms with van der Waals surface area (Å²) in [5.41, 5.74) is 3.00. The number of benzene rings is 2. The van der Waals surface area contributed by atoms with Gasteiger partial charge in [0, 0.05) is 37.5 Å². The van der Waals surface area contributed by atoms with Crippen LogP contribution < -0.4 is 9.91 Å². The number of carbonyl (C=O) groups is 1. The Morgan fingerprint density at radius 3 is 2.46 bits per heavy atom. The maximum atomic E-state index is 12.8. The molecule has 132 valence electrons. The van der Waals surface area contributed by atoms with Gasteiger partial charge in [-0.25, -0.2) is 0 Å². The minimum Gasteiger partial charge on any atom is -0.377 e. The maximum absolute atomic E-state index is 12.8. The van der Waals surface area contributed by atoms with Gasteiger partial charge in [-0.1, -0.05) is 18.2 Å². The third-order valence-electron chi connectivity index (χ3n) is 4.07. The SMILES string of the molecule is CC1=NN(c2ccccc2)C(=O)/C1=C\c1cc([N+](=O)[O-])ccc1N(C)C. The number of non-ortho nitro benzene ring substituents is 1. The molecule has 0 atom stereocenters. The summed E-state index contributed by atoms with van der Waals surface area (Å²) in [6.07, 6.45) is 1.66. The molecule has 0 saturated heterocycles. The van der Waals surface area contributed by atoms with Crippen LogP contribution in [0.2, 0.25) is 0 Å². The van der Waals surface area contributed by atoms with Crippen LogP contribution in [0.4, 0.5) is 17.1 Å². The molecule has 0 aliphatic carbocycles. The van der Waals surface area contributed by atoms with E-state index in [1.54, 1.807) is 31.2 Å². The van der Waals surface area contributed by atoms with E-state index in [1.807, 2.05) is 37.2 Å². The summed E-state index contributed by atoms with van der Waals surface area (Å²) in [6.45, 7) is 1.75. The molecule has 0 unspecified atom stereocenters. The van der Waals surface area contributed by atoms with Crippen molar-refractivity contribution in [2.24, 2.45) is 5.10 Å². The number of rotatable bonds is 4. The largest absolute Gasteiger partial charge is 0.377 e. The van der Waals surface area contributed by atoms with Crippen LogP contribution in [0.15, 0.2) is 59.2 Å². The molecule has 0 N–H and O–H groups in total. The molecule has 0 saturated carbocycles. The molecule has 0 bridgehead atoms. The quantitative estimate of drug-likeness (QED) is 0.480. The second-order valence-corrected chi connectivity index (χ2v) is 6.09. The van der Waals surface area contributed by atoms with E-state index in [9.17, 15) is 14.9 Å².